The van der Waals surface area contributed by atoms with Crippen LogP contribution in [0.15, 0.2) is 24.3 Å². The summed E-state index contributed by atoms with van der Waals surface area (Å²) in [5.74, 6) is -0.325. The second-order valence-electron chi connectivity index (χ2n) is 5.79. The molecule has 0 saturated carbocycles. The van der Waals surface area contributed by atoms with Gasteiger partial charge in [0.2, 0.25) is 5.91 Å². The highest BCUT2D eigenvalue weighted by Gasteiger charge is 2.24. The number of aromatic nitrogens is 1. The SMILES string of the molecule is Cc1ccc2nc(C)cc(C(=O)N[C@H]3CCCNC3=O)c2c1. The molecule has 0 unspecified atom stereocenters. The lowest BCUT2D eigenvalue weighted by Gasteiger charge is -2.23. The zero-order valence-electron chi connectivity index (χ0n) is 12.8. The van der Waals surface area contributed by atoms with Crippen LogP contribution in [0.4, 0.5) is 0 Å². The number of amides is 2. The Kier molecular flexibility index (Phi) is 3.79. The number of carbonyl (C=O) groups excluding carboxylic acids is 2. The molecule has 0 aliphatic carbocycles. The maximum absolute atomic E-state index is 12.6. The van der Waals surface area contributed by atoms with E-state index in [0.717, 1.165) is 28.6 Å². The fraction of sp³-hybridized carbons (Fsp3) is 0.353. The minimum atomic E-state index is -0.449. The van der Waals surface area contributed by atoms with E-state index in [0.29, 0.717) is 18.5 Å². The summed E-state index contributed by atoms with van der Waals surface area (Å²) in [7, 11) is 0. The van der Waals surface area contributed by atoms with Crippen LogP contribution in [0.25, 0.3) is 10.9 Å². The van der Waals surface area contributed by atoms with Crippen LogP contribution in [0.1, 0.15) is 34.5 Å². The number of nitrogens with one attached hydrogen (secondary N) is 2. The van der Waals surface area contributed by atoms with Crippen molar-refractivity contribution in [1.82, 2.24) is 15.6 Å². The number of pyridine rings is 1. The number of nitrogens with zero attached hydrogens (tertiary/aromatic N) is 1. The summed E-state index contributed by atoms with van der Waals surface area (Å²) in [4.78, 5) is 28.9. The van der Waals surface area contributed by atoms with Crippen LogP contribution >= 0.6 is 0 Å². The Labute approximate surface area is 129 Å². The molecule has 1 aliphatic heterocycles. The molecule has 1 aromatic heterocycles. The fourth-order valence-corrected chi connectivity index (χ4v) is 2.81. The molecule has 1 aromatic carbocycles. The highest BCUT2D eigenvalue weighted by Crippen LogP contribution is 2.20. The molecule has 1 fully saturated rings. The molecule has 2 aromatic rings. The van der Waals surface area contributed by atoms with Crippen LogP contribution in [-0.4, -0.2) is 29.4 Å². The quantitative estimate of drug-likeness (QED) is 0.889. The number of carbonyl (C=O) groups is 2. The molecule has 1 saturated heterocycles. The summed E-state index contributed by atoms with van der Waals surface area (Å²) in [6, 6.07) is 7.18. The van der Waals surface area contributed by atoms with Gasteiger partial charge >= 0.3 is 0 Å². The maximum Gasteiger partial charge on any atom is 0.252 e. The second kappa shape index (κ2) is 5.75. The molecule has 114 valence electrons. The lowest BCUT2D eigenvalue weighted by molar-refractivity contribution is -0.124. The monoisotopic (exact) mass is 297 g/mol. The Bertz CT molecular complexity index is 755. The smallest absolute Gasteiger partial charge is 0.252 e. The Morgan fingerprint density at radius 2 is 2.14 bits per heavy atom. The highest BCUT2D eigenvalue weighted by molar-refractivity contribution is 6.07. The maximum atomic E-state index is 12.6. The van der Waals surface area contributed by atoms with Gasteiger partial charge in [0.1, 0.15) is 6.04 Å². The molecule has 2 N–H and O–H groups in total. The van der Waals surface area contributed by atoms with E-state index in [2.05, 4.69) is 15.6 Å². The standard InChI is InChI=1S/C17H19N3O2/c1-10-5-6-14-12(8-10)13(9-11(2)19-14)16(21)20-15-4-3-7-18-17(15)22/h5-6,8-9,15H,3-4,7H2,1-2H3,(H,18,22)(H,20,21)/t15-/m0/s1. The van der Waals surface area contributed by atoms with Gasteiger partial charge in [0.15, 0.2) is 0 Å². The Morgan fingerprint density at radius 3 is 2.91 bits per heavy atom. The van der Waals surface area contributed by atoms with Crippen molar-refractivity contribution < 1.29 is 9.59 Å². The molecule has 2 amide bonds. The molecule has 1 aliphatic rings. The minimum absolute atomic E-state index is 0.106. The van der Waals surface area contributed by atoms with Gasteiger partial charge < -0.3 is 10.6 Å². The summed E-state index contributed by atoms with van der Waals surface area (Å²) in [5.41, 5.74) is 3.23. The van der Waals surface area contributed by atoms with E-state index in [1.165, 1.54) is 0 Å². The average Bonchev–Trinajstić information content (AvgIpc) is 2.49. The summed E-state index contributed by atoms with van der Waals surface area (Å²) in [6.07, 6.45) is 1.56. The largest absolute Gasteiger partial charge is 0.354 e. The number of rotatable bonds is 2. The Hall–Kier alpha value is -2.43. The Morgan fingerprint density at radius 1 is 1.32 bits per heavy atom. The van der Waals surface area contributed by atoms with Gasteiger partial charge in [-0.3, -0.25) is 14.6 Å². The van der Waals surface area contributed by atoms with E-state index in [9.17, 15) is 9.59 Å². The van der Waals surface area contributed by atoms with E-state index < -0.39 is 6.04 Å². The zero-order valence-corrected chi connectivity index (χ0v) is 12.8. The third kappa shape index (κ3) is 2.79. The van der Waals surface area contributed by atoms with Crippen molar-refractivity contribution in [3.8, 4) is 0 Å². The number of hydrogen-bond donors (Lipinski definition) is 2. The van der Waals surface area contributed by atoms with Crippen molar-refractivity contribution >= 4 is 22.7 Å². The number of hydrogen-bond acceptors (Lipinski definition) is 3. The van der Waals surface area contributed by atoms with Crippen LogP contribution in [-0.2, 0) is 4.79 Å². The summed E-state index contributed by atoms with van der Waals surface area (Å²) in [6.45, 7) is 4.53. The van der Waals surface area contributed by atoms with Crippen LogP contribution in [0.5, 0.6) is 0 Å². The molecule has 0 radical (unpaired) electrons. The predicted octanol–water partition coefficient (Wildman–Crippen LogP) is 1.86. The topological polar surface area (TPSA) is 71.1 Å². The van der Waals surface area contributed by atoms with Gasteiger partial charge in [-0.2, -0.15) is 0 Å². The minimum Gasteiger partial charge on any atom is -0.354 e. The number of aryl methyl sites for hydroxylation is 2. The van der Waals surface area contributed by atoms with Crippen LogP contribution in [0.2, 0.25) is 0 Å². The third-order valence-electron chi connectivity index (χ3n) is 3.93. The summed E-state index contributed by atoms with van der Waals surface area (Å²) < 4.78 is 0. The molecule has 1 atom stereocenters. The van der Waals surface area contributed by atoms with E-state index in [4.69, 9.17) is 0 Å². The molecule has 5 heteroatoms. The molecular weight excluding hydrogens is 278 g/mol. The second-order valence-corrected chi connectivity index (χ2v) is 5.79. The first-order valence-electron chi connectivity index (χ1n) is 7.51. The van der Waals surface area contributed by atoms with Crippen molar-refractivity contribution in [3.05, 3.63) is 41.1 Å². The van der Waals surface area contributed by atoms with Gasteiger partial charge in [0.25, 0.3) is 5.91 Å². The first kappa shape index (κ1) is 14.5. The summed E-state index contributed by atoms with van der Waals surface area (Å²) in [5, 5.41) is 6.44. The van der Waals surface area contributed by atoms with Crippen LogP contribution < -0.4 is 10.6 Å². The van der Waals surface area contributed by atoms with Crippen molar-refractivity contribution in [2.24, 2.45) is 0 Å². The molecule has 5 nitrogen and oxygen atoms in total. The predicted molar refractivity (Wildman–Crippen MR) is 84.7 cm³/mol. The normalized spacial score (nSPS) is 18.1. The van der Waals surface area contributed by atoms with E-state index >= 15 is 0 Å². The van der Waals surface area contributed by atoms with Gasteiger partial charge in [-0.15, -0.1) is 0 Å². The first-order chi connectivity index (χ1) is 10.5. The fourth-order valence-electron chi connectivity index (χ4n) is 2.81. The molecular formula is C17H19N3O2. The van der Waals surface area contributed by atoms with Gasteiger partial charge in [0, 0.05) is 17.6 Å². The number of benzene rings is 1. The van der Waals surface area contributed by atoms with Crippen LogP contribution in [0.3, 0.4) is 0 Å². The van der Waals surface area contributed by atoms with Crippen molar-refractivity contribution in [2.75, 3.05) is 6.54 Å². The molecule has 3 rings (SSSR count). The zero-order chi connectivity index (χ0) is 15.7. The lowest BCUT2D eigenvalue weighted by atomic mass is 10.0. The summed E-state index contributed by atoms with van der Waals surface area (Å²) >= 11 is 0. The molecule has 22 heavy (non-hydrogen) atoms. The lowest BCUT2D eigenvalue weighted by Crippen LogP contribution is -2.50. The number of fused-ring (bicyclic) bond motifs is 1. The highest BCUT2D eigenvalue weighted by atomic mass is 16.2. The van der Waals surface area contributed by atoms with Crippen molar-refractivity contribution in [2.45, 2.75) is 32.7 Å². The van der Waals surface area contributed by atoms with Gasteiger partial charge in [-0.25, -0.2) is 0 Å². The van der Waals surface area contributed by atoms with E-state index in [1.807, 2.05) is 32.0 Å². The van der Waals surface area contributed by atoms with Crippen molar-refractivity contribution in [3.63, 3.8) is 0 Å². The Balaban J connectivity index is 1.96. The molecule has 2 heterocycles. The first-order valence-corrected chi connectivity index (χ1v) is 7.51. The molecule has 0 spiro atoms. The van der Waals surface area contributed by atoms with Gasteiger partial charge in [-0.1, -0.05) is 11.6 Å². The van der Waals surface area contributed by atoms with Gasteiger partial charge in [0.05, 0.1) is 11.1 Å². The van der Waals surface area contributed by atoms with E-state index in [1.54, 1.807) is 6.07 Å². The van der Waals surface area contributed by atoms with Crippen molar-refractivity contribution in [1.29, 1.82) is 0 Å². The van der Waals surface area contributed by atoms with Gasteiger partial charge in [-0.05, 0) is 44.9 Å². The average molecular weight is 297 g/mol. The third-order valence-corrected chi connectivity index (χ3v) is 3.93. The van der Waals surface area contributed by atoms with E-state index in [-0.39, 0.29) is 11.8 Å². The molecule has 0 bridgehead atoms. The van der Waals surface area contributed by atoms with Crippen LogP contribution in [0, 0.1) is 13.8 Å². The number of piperidine rings is 1.